The van der Waals surface area contributed by atoms with Crippen LogP contribution in [0, 0.1) is 5.41 Å². The normalized spacial score (nSPS) is 14.5. The molecule has 90 valence electrons. The van der Waals surface area contributed by atoms with Crippen LogP contribution in [0.4, 0.5) is 0 Å². The predicted octanol–water partition coefficient (Wildman–Crippen LogP) is 0.411. The van der Waals surface area contributed by atoms with Crippen molar-refractivity contribution in [1.29, 1.82) is 0 Å². The van der Waals surface area contributed by atoms with Crippen LogP contribution >= 0.6 is 0 Å². The molecule has 0 saturated carbocycles. The van der Waals surface area contributed by atoms with Crippen molar-refractivity contribution in [2.45, 2.75) is 26.8 Å². The molecule has 0 bridgehead atoms. The third-order valence-electron chi connectivity index (χ3n) is 2.99. The van der Waals surface area contributed by atoms with E-state index in [0.717, 1.165) is 12.0 Å². The number of rotatable bonds is 5. The van der Waals surface area contributed by atoms with Crippen LogP contribution in [0.1, 0.15) is 25.8 Å². The van der Waals surface area contributed by atoms with Crippen molar-refractivity contribution in [3.8, 4) is 0 Å². The van der Waals surface area contributed by atoms with Gasteiger partial charge in [0.2, 0.25) is 5.91 Å². The van der Waals surface area contributed by atoms with E-state index in [-0.39, 0.29) is 5.91 Å². The first kappa shape index (κ1) is 12.7. The summed E-state index contributed by atoms with van der Waals surface area (Å²) in [6, 6.07) is 0. The number of carbonyl (C=O) groups excluding carboxylic acids is 1. The number of nitrogens with two attached hydrogens (primary N) is 1. The highest BCUT2D eigenvalue weighted by Crippen LogP contribution is 2.19. The number of hydrogen-bond donors (Lipinski definition) is 2. The standard InChI is InChI=1S/C11H20N4O/c1-4-11(2,8-12)10(16)13-5-9-6-14-15(3)7-9/h6-7H,4-5,8,12H2,1-3H3,(H,13,16). The molecule has 1 rings (SSSR count). The van der Waals surface area contributed by atoms with E-state index >= 15 is 0 Å². The largest absolute Gasteiger partial charge is 0.351 e. The Morgan fingerprint density at radius 3 is 2.81 bits per heavy atom. The Morgan fingerprint density at radius 2 is 2.38 bits per heavy atom. The van der Waals surface area contributed by atoms with Gasteiger partial charge in [-0.1, -0.05) is 6.92 Å². The van der Waals surface area contributed by atoms with Gasteiger partial charge in [0.25, 0.3) is 0 Å². The maximum Gasteiger partial charge on any atom is 0.227 e. The van der Waals surface area contributed by atoms with E-state index in [2.05, 4.69) is 10.4 Å². The summed E-state index contributed by atoms with van der Waals surface area (Å²) in [5, 5.41) is 6.92. The second-order valence-corrected chi connectivity index (χ2v) is 4.32. The Hall–Kier alpha value is -1.36. The highest BCUT2D eigenvalue weighted by Gasteiger charge is 2.29. The molecule has 0 spiro atoms. The van der Waals surface area contributed by atoms with E-state index in [1.807, 2.05) is 27.1 Å². The molecular formula is C11H20N4O. The van der Waals surface area contributed by atoms with Gasteiger partial charge in [-0.05, 0) is 13.3 Å². The lowest BCUT2D eigenvalue weighted by molar-refractivity contribution is -0.130. The third-order valence-corrected chi connectivity index (χ3v) is 2.99. The molecule has 0 saturated heterocycles. The van der Waals surface area contributed by atoms with Gasteiger partial charge in [0.05, 0.1) is 11.6 Å². The molecule has 0 aromatic carbocycles. The first-order valence-electron chi connectivity index (χ1n) is 5.47. The summed E-state index contributed by atoms with van der Waals surface area (Å²) in [7, 11) is 1.85. The van der Waals surface area contributed by atoms with Gasteiger partial charge in [-0.2, -0.15) is 5.10 Å². The van der Waals surface area contributed by atoms with Gasteiger partial charge in [0.15, 0.2) is 0 Å². The summed E-state index contributed by atoms with van der Waals surface area (Å²) < 4.78 is 1.71. The minimum Gasteiger partial charge on any atom is -0.351 e. The second-order valence-electron chi connectivity index (χ2n) is 4.32. The number of amides is 1. The smallest absolute Gasteiger partial charge is 0.227 e. The van der Waals surface area contributed by atoms with Gasteiger partial charge in [0.1, 0.15) is 0 Å². The zero-order chi connectivity index (χ0) is 12.2. The summed E-state index contributed by atoms with van der Waals surface area (Å²) in [6.45, 7) is 4.72. The summed E-state index contributed by atoms with van der Waals surface area (Å²) in [4.78, 5) is 11.9. The zero-order valence-corrected chi connectivity index (χ0v) is 10.2. The molecule has 0 aliphatic carbocycles. The lowest BCUT2D eigenvalue weighted by Gasteiger charge is -2.24. The Morgan fingerprint density at radius 1 is 1.69 bits per heavy atom. The number of carbonyl (C=O) groups is 1. The maximum atomic E-state index is 11.9. The molecule has 1 aromatic heterocycles. The topological polar surface area (TPSA) is 72.9 Å². The fourth-order valence-corrected chi connectivity index (χ4v) is 1.36. The average Bonchev–Trinajstić information content (AvgIpc) is 2.70. The van der Waals surface area contributed by atoms with Gasteiger partial charge in [0, 0.05) is 31.9 Å². The molecule has 5 heteroatoms. The highest BCUT2D eigenvalue weighted by molar-refractivity contribution is 5.82. The quantitative estimate of drug-likeness (QED) is 0.761. The van der Waals surface area contributed by atoms with Crippen molar-refractivity contribution in [3.63, 3.8) is 0 Å². The number of aryl methyl sites for hydroxylation is 1. The molecule has 1 aromatic rings. The minimum atomic E-state index is -0.470. The monoisotopic (exact) mass is 224 g/mol. The first-order chi connectivity index (χ1) is 7.51. The second kappa shape index (κ2) is 5.12. The van der Waals surface area contributed by atoms with Crippen LogP contribution in [0.15, 0.2) is 12.4 Å². The van der Waals surface area contributed by atoms with Crippen molar-refractivity contribution >= 4 is 5.91 Å². The van der Waals surface area contributed by atoms with Gasteiger partial charge in [-0.15, -0.1) is 0 Å². The van der Waals surface area contributed by atoms with Crippen molar-refractivity contribution in [1.82, 2.24) is 15.1 Å². The maximum absolute atomic E-state index is 11.9. The average molecular weight is 224 g/mol. The van der Waals surface area contributed by atoms with Crippen molar-refractivity contribution in [2.75, 3.05) is 6.54 Å². The molecular weight excluding hydrogens is 204 g/mol. The molecule has 0 fully saturated rings. The van der Waals surface area contributed by atoms with Gasteiger partial charge >= 0.3 is 0 Å². The SMILES string of the molecule is CCC(C)(CN)C(=O)NCc1cnn(C)c1. The van der Waals surface area contributed by atoms with Crippen LogP contribution in [0.3, 0.4) is 0 Å². The van der Waals surface area contributed by atoms with Crippen LogP contribution in [0.5, 0.6) is 0 Å². The summed E-state index contributed by atoms with van der Waals surface area (Å²) >= 11 is 0. The number of nitrogens with zero attached hydrogens (tertiary/aromatic N) is 2. The van der Waals surface area contributed by atoms with Gasteiger partial charge < -0.3 is 11.1 Å². The van der Waals surface area contributed by atoms with Crippen LogP contribution < -0.4 is 11.1 Å². The van der Waals surface area contributed by atoms with E-state index in [1.54, 1.807) is 10.9 Å². The molecule has 1 atom stereocenters. The van der Waals surface area contributed by atoms with E-state index in [1.165, 1.54) is 0 Å². The summed E-state index contributed by atoms with van der Waals surface area (Å²) in [6.07, 6.45) is 4.36. The van der Waals surface area contributed by atoms with Crippen LogP contribution in [-0.2, 0) is 18.4 Å². The molecule has 16 heavy (non-hydrogen) atoms. The fraction of sp³-hybridized carbons (Fsp3) is 0.636. The zero-order valence-electron chi connectivity index (χ0n) is 10.2. The highest BCUT2D eigenvalue weighted by atomic mass is 16.2. The van der Waals surface area contributed by atoms with Crippen LogP contribution in [-0.4, -0.2) is 22.2 Å². The van der Waals surface area contributed by atoms with Crippen molar-refractivity contribution < 1.29 is 4.79 Å². The van der Waals surface area contributed by atoms with E-state index in [0.29, 0.717) is 13.1 Å². The third kappa shape index (κ3) is 2.82. The number of aromatic nitrogens is 2. The van der Waals surface area contributed by atoms with Crippen LogP contribution in [0.25, 0.3) is 0 Å². The van der Waals surface area contributed by atoms with E-state index in [9.17, 15) is 4.79 Å². The Bertz CT molecular complexity index is 355. The Labute approximate surface area is 96.0 Å². The Balaban J connectivity index is 2.52. The molecule has 0 aliphatic rings. The van der Waals surface area contributed by atoms with Crippen LogP contribution in [0.2, 0.25) is 0 Å². The first-order valence-corrected chi connectivity index (χ1v) is 5.47. The molecule has 1 heterocycles. The number of nitrogens with one attached hydrogen (secondary N) is 1. The van der Waals surface area contributed by atoms with E-state index < -0.39 is 5.41 Å². The van der Waals surface area contributed by atoms with E-state index in [4.69, 9.17) is 5.73 Å². The molecule has 5 nitrogen and oxygen atoms in total. The number of hydrogen-bond acceptors (Lipinski definition) is 3. The lowest BCUT2D eigenvalue weighted by Crippen LogP contribution is -2.43. The molecule has 1 amide bonds. The summed E-state index contributed by atoms with van der Waals surface area (Å²) in [5.74, 6) is 0.00125. The summed E-state index contributed by atoms with van der Waals surface area (Å²) in [5.41, 5.74) is 6.14. The van der Waals surface area contributed by atoms with Crippen molar-refractivity contribution in [3.05, 3.63) is 18.0 Å². The Kier molecular flexibility index (Phi) is 4.06. The molecule has 0 aliphatic heterocycles. The fourth-order valence-electron chi connectivity index (χ4n) is 1.36. The lowest BCUT2D eigenvalue weighted by atomic mass is 9.86. The molecule has 1 unspecified atom stereocenters. The van der Waals surface area contributed by atoms with Crippen molar-refractivity contribution in [2.24, 2.45) is 18.2 Å². The molecule has 3 N–H and O–H groups in total. The van der Waals surface area contributed by atoms with Gasteiger partial charge in [-0.25, -0.2) is 0 Å². The molecule has 0 radical (unpaired) electrons. The minimum absolute atomic E-state index is 0.00125. The predicted molar refractivity (Wildman–Crippen MR) is 62.5 cm³/mol. The van der Waals surface area contributed by atoms with Gasteiger partial charge in [-0.3, -0.25) is 9.48 Å².